The number of nitrogens with zero attached hydrogens (tertiary/aromatic N) is 3. The summed E-state index contributed by atoms with van der Waals surface area (Å²) in [6.07, 6.45) is 0. The molecule has 0 N–H and O–H groups in total. The fourth-order valence-corrected chi connectivity index (χ4v) is 9.92. The van der Waals surface area contributed by atoms with Crippen LogP contribution in [-0.4, -0.2) is 15.0 Å². The molecule has 0 fully saturated rings. The van der Waals surface area contributed by atoms with Crippen LogP contribution in [0.25, 0.3) is 88.7 Å². The topological polar surface area (TPSA) is 38.7 Å². The van der Waals surface area contributed by atoms with Crippen LogP contribution in [0.2, 0.25) is 0 Å². The standard InChI is InChI=1S/C58H37N3/c1-5-19-38(20-6-1)55-59-56(39-21-7-2-8-22-39)61-57(60-55)52-36-51-48-31-17-18-32-53(48)58(41-23-9-3-10-24-41,42-25-11-4-12-26-42)54(51)37-49(52)40-33-34-47-45-29-14-13-27-43(45)44-28-15-16-30-46(44)50(47)35-40/h1-37H. The normalized spacial score (nSPS) is 12.7. The SMILES string of the molecule is c1ccc(-c2nc(-c3ccccc3)nc(-c3cc4c(cc3-c3ccc5c6ccccc6c6ccccc6c5c3)C(c3ccccc3)(c3ccccc3)c3ccccc3-4)n2)cc1. The minimum absolute atomic E-state index is 0.578. The van der Waals surface area contributed by atoms with Crippen molar-refractivity contribution in [3.8, 4) is 56.4 Å². The highest BCUT2D eigenvalue weighted by molar-refractivity contribution is 6.25. The summed E-state index contributed by atoms with van der Waals surface area (Å²) in [4.78, 5) is 15.8. The Labute approximate surface area is 354 Å². The number of benzene rings is 10. The first-order chi connectivity index (χ1) is 30.3. The predicted octanol–water partition coefficient (Wildman–Crippen LogP) is 14.4. The molecule has 11 aromatic rings. The van der Waals surface area contributed by atoms with E-state index < -0.39 is 5.41 Å². The summed E-state index contributed by atoms with van der Waals surface area (Å²) in [7, 11) is 0. The van der Waals surface area contributed by atoms with Gasteiger partial charge in [-0.3, -0.25) is 0 Å². The van der Waals surface area contributed by atoms with Gasteiger partial charge in [0.2, 0.25) is 0 Å². The highest BCUT2D eigenvalue weighted by Crippen LogP contribution is 2.58. The molecule has 12 rings (SSSR count). The lowest BCUT2D eigenvalue weighted by atomic mass is 9.67. The molecule has 0 atom stereocenters. The summed E-state index contributed by atoms with van der Waals surface area (Å²) in [6, 6.07) is 80.8. The monoisotopic (exact) mass is 775 g/mol. The van der Waals surface area contributed by atoms with Crippen molar-refractivity contribution in [2.24, 2.45) is 0 Å². The van der Waals surface area contributed by atoms with Crippen molar-refractivity contribution in [2.45, 2.75) is 5.41 Å². The summed E-state index contributed by atoms with van der Waals surface area (Å²) in [5.41, 5.74) is 11.7. The smallest absolute Gasteiger partial charge is 0.164 e. The van der Waals surface area contributed by atoms with E-state index >= 15 is 0 Å². The van der Waals surface area contributed by atoms with E-state index in [1.165, 1.54) is 65.7 Å². The Morgan fingerprint density at radius 1 is 0.246 bits per heavy atom. The molecule has 0 spiro atoms. The zero-order chi connectivity index (χ0) is 40.3. The van der Waals surface area contributed by atoms with Gasteiger partial charge in [-0.05, 0) is 95.0 Å². The van der Waals surface area contributed by atoms with Gasteiger partial charge in [0.25, 0.3) is 0 Å². The van der Waals surface area contributed by atoms with Crippen LogP contribution >= 0.6 is 0 Å². The molecular formula is C58H37N3. The Morgan fingerprint density at radius 3 is 1.25 bits per heavy atom. The number of fused-ring (bicyclic) bond motifs is 9. The molecule has 3 nitrogen and oxygen atoms in total. The molecule has 1 aliphatic carbocycles. The second-order valence-electron chi connectivity index (χ2n) is 15.9. The van der Waals surface area contributed by atoms with E-state index in [-0.39, 0.29) is 0 Å². The van der Waals surface area contributed by atoms with Gasteiger partial charge in [0.15, 0.2) is 17.5 Å². The van der Waals surface area contributed by atoms with E-state index in [1.54, 1.807) is 0 Å². The average molecular weight is 776 g/mol. The van der Waals surface area contributed by atoms with Gasteiger partial charge in [-0.2, -0.15) is 0 Å². The highest BCUT2D eigenvalue weighted by atomic mass is 15.0. The van der Waals surface area contributed by atoms with E-state index in [0.717, 1.165) is 27.8 Å². The molecule has 1 aromatic heterocycles. The van der Waals surface area contributed by atoms with Crippen molar-refractivity contribution in [2.75, 3.05) is 0 Å². The lowest BCUT2D eigenvalue weighted by molar-refractivity contribution is 0.769. The van der Waals surface area contributed by atoms with Gasteiger partial charge in [0, 0.05) is 16.7 Å². The van der Waals surface area contributed by atoms with Crippen molar-refractivity contribution in [3.63, 3.8) is 0 Å². The van der Waals surface area contributed by atoms with Gasteiger partial charge < -0.3 is 0 Å². The van der Waals surface area contributed by atoms with Crippen LogP contribution in [0.3, 0.4) is 0 Å². The third-order valence-electron chi connectivity index (χ3n) is 12.6. The maximum Gasteiger partial charge on any atom is 0.164 e. The number of aromatic nitrogens is 3. The average Bonchev–Trinajstić information content (AvgIpc) is 3.64. The highest BCUT2D eigenvalue weighted by Gasteiger charge is 2.46. The van der Waals surface area contributed by atoms with Crippen molar-refractivity contribution < 1.29 is 0 Å². The Bertz CT molecular complexity index is 3320. The zero-order valence-corrected chi connectivity index (χ0v) is 33.2. The number of hydrogen-bond donors (Lipinski definition) is 0. The lowest BCUT2D eigenvalue weighted by Gasteiger charge is -2.34. The first-order valence-corrected chi connectivity index (χ1v) is 20.9. The minimum Gasteiger partial charge on any atom is -0.208 e. The Kier molecular flexibility index (Phi) is 8.07. The minimum atomic E-state index is -0.578. The van der Waals surface area contributed by atoms with Crippen molar-refractivity contribution in [3.05, 3.63) is 247 Å². The van der Waals surface area contributed by atoms with E-state index in [9.17, 15) is 0 Å². The lowest BCUT2D eigenvalue weighted by Crippen LogP contribution is -2.28. The van der Waals surface area contributed by atoms with Crippen molar-refractivity contribution in [1.29, 1.82) is 0 Å². The fourth-order valence-electron chi connectivity index (χ4n) is 9.92. The molecular weight excluding hydrogens is 739 g/mol. The van der Waals surface area contributed by atoms with E-state index in [4.69, 9.17) is 15.0 Å². The molecule has 10 aromatic carbocycles. The quantitative estimate of drug-likeness (QED) is 0.158. The molecule has 0 unspecified atom stereocenters. The molecule has 0 aliphatic heterocycles. The molecule has 1 aliphatic rings. The van der Waals surface area contributed by atoms with Gasteiger partial charge in [0.1, 0.15) is 0 Å². The van der Waals surface area contributed by atoms with E-state index in [0.29, 0.717) is 17.5 Å². The zero-order valence-electron chi connectivity index (χ0n) is 33.2. The van der Waals surface area contributed by atoms with Gasteiger partial charge in [0.05, 0.1) is 5.41 Å². The first kappa shape index (κ1) is 35.0. The fraction of sp³-hybridized carbons (Fsp3) is 0.0172. The Balaban J connectivity index is 1.22. The number of hydrogen-bond acceptors (Lipinski definition) is 3. The molecule has 1 heterocycles. The summed E-state index contributed by atoms with van der Waals surface area (Å²) in [5, 5.41) is 7.43. The van der Waals surface area contributed by atoms with Crippen LogP contribution in [0.1, 0.15) is 22.3 Å². The molecule has 0 radical (unpaired) electrons. The van der Waals surface area contributed by atoms with Crippen molar-refractivity contribution >= 4 is 32.3 Å². The molecule has 0 saturated carbocycles. The Hall–Kier alpha value is -8.01. The molecule has 284 valence electrons. The van der Waals surface area contributed by atoms with Gasteiger partial charge in [-0.25, -0.2) is 15.0 Å². The third-order valence-corrected chi connectivity index (χ3v) is 12.6. The van der Waals surface area contributed by atoms with Crippen molar-refractivity contribution in [1.82, 2.24) is 15.0 Å². The summed E-state index contributed by atoms with van der Waals surface area (Å²) in [5.74, 6) is 1.90. The van der Waals surface area contributed by atoms with Gasteiger partial charge in [-0.1, -0.05) is 206 Å². The molecule has 61 heavy (non-hydrogen) atoms. The molecule has 3 heteroatoms. The second kappa shape index (κ2) is 14.1. The predicted molar refractivity (Wildman–Crippen MR) is 251 cm³/mol. The van der Waals surface area contributed by atoms with Gasteiger partial charge >= 0.3 is 0 Å². The largest absolute Gasteiger partial charge is 0.208 e. The summed E-state index contributed by atoms with van der Waals surface area (Å²) >= 11 is 0. The summed E-state index contributed by atoms with van der Waals surface area (Å²) in [6.45, 7) is 0. The van der Waals surface area contributed by atoms with Crippen LogP contribution in [-0.2, 0) is 5.41 Å². The molecule has 0 bridgehead atoms. The van der Waals surface area contributed by atoms with Crippen LogP contribution in [0.5, 0.6) is 0 Å². The second-order valence-corrected chi connectivity index (χ2v) is 15.9. The van der Waals surface area contributed by atoms with Crippen LogP contribution in [0, 0.1) is 0 Å². The maximum absolute atomic E-state index is 5.35. The number of rotatable bonds is 6. The van der Waals surface area contributed by atoms with Crippen LogP contribution < -0.4 is 0 Å². The molecule has 0 saturated heterocycles. The third kappa shape index (κ3) is 5.48. The van der Waals surface area contributed by atoms with Crippen LogP contribution in [0.15, 0.2) is 224 Å². The van der Waals surface area contributed by atoms with E-state index in [1.807, 2.05) is 36.4 Å². The first-order valence-electron chi connectivity index (χ1n) is 20.9. The van der Waals surface area contributed by atoms with Crippen LogP contribution in [0.4, 0.5) is 0 Å². The molecule has 0 amide bonds. The van der Waals surface area contributed by atoms with Gasteiger partial charge in [-0.15, -0.1) is 0 Å². The maximum atomic E-state index is 5.35. The van der Waals surface area contributed by atoms with E-state index in [2.05, 4.69) is 188 Å². The summed E-state index contributed by atoms with van der Waals surface area (Å²) < 4.78 is 0. The Morgan fingerprint density at radius 2 is 0.689 bits per heavy atom.